The summed E-state index contributed by atoms with van der Waals surface area (Å²) in [4.78, 5) is 26.1. The Hall–Kier alpha value is -2.34. The first-order valence-corrected chi connectivity index (χ1v) is 8.72. The number of benzene rings is 1. The molecule has 1 aliphatic carbocycles. The molecule has 2 heterocycles. The third-order valence-electron chi connectivity index (χ3n) is 4.99. The number of carboxylic acid groups (broad SMARTS) is 1. The van der Waals surface area contributed by atoms with Gasteiger partial charge in [-0.3, -0.25) is 14.3 Å². The van der Waals surface area contributed by atoms with Crippen LogP contribution >= 0.6 is 11.6 Å². The van der Waals surface area contributed by atoms with Gasteiger partial charge >= 0.3 is 5.97 Å². The lowest BCUT2D eigenvalue weighted by atomic mass is 9.89. The number of carboxylic acids is 1. The fourth-order valence-electron chi connectivity index (χ4n) is 3.44. The Kier molecular flexibility index (Phi) is 4.00. The van der Waals surface area contributed by atoms with E-state index < -0.39 is 11.9 Å². The van der Waals surface area contributed by atoms with Gasteiger partial charge in [0, 0.05) is 30.2 Å². The molecule has 2 aromatic rings. The predicted molar refractivity (Wildman–Crippen MR) is 91.7 cm³/mol. The fourth-order valence-corrected chi connectivity index (χ4v) is 3.56. The Morgan fingerprint density at radius 2 is 1.88 bits per heavy atom. The Bertz CT molecular complexity index is 813. The Balaban J connectivity index is 1.55. The topological polar surface area (TPSA) is 75.4 Å². The molecular weight excluding hydrogens is 342 g/mol. The van der Waals surface area contributed by atoms with E-state index in [1.54, 1.807) is 29.4 Å². The Morgan fingerprint density at radius 1 is 1.16 bits per heavy atom. The normalized spacial score (nSPS) is 23.0. The number of halogens is 1. The summed E-state index contributed by atoms with van der Waals surface area (Å²) < 4.78 is 1.83. The highest BCUT2D eigenvalue weighted by atomic mass is 35.5. The number of aromatic nitrogens is 2. The highest BCUT2D eigenvalue weighted by Gasteiger charge is 2.41. The van der Waals surface area contributed by atoms with Crippen LogP contribution in [0.2, 0.25) is 5.02 Å². The largest absolute Gasteiger partial charge is 0.481 e. The smallest absolute Gasteiger partial charge is 0.308 e. The second-order valence-corrected chi connectivity index (χ2v) is 7.19. The van der Waals surface area contributed by atoms with Crippen molar-refractivity contribution in [2.75, 3.05) is 13.1 Å². The number of nitrogens with zero attached hydrogens (tertiary/aromatic N) is 3. The number of carbonyl (C=O) groups excluding carboxylic acids is 1. The maximum atomic E-state index is 12.8. The molecule has 0 unspecified atom stereocenters. The highest BCUT2D eigenvalue weighted by Crippen LogP contribution is 2.36. The minimum Gasteiger partial charge on any atom is -0.481 e. The Labute approximate surface area is 150 Å². The van der Waals surface area contributed by atoms with Crippen LogP contribution in [0.25, 0.3) is 0 Å². The number of amides is 1. The average Bonchev–Trinajstić information content (AvgIpc) is 3.16. The van der Waals surface area contributed by atoms with E-state index in [4.69, 9.17) is 11.6 Å². The van der Waals surface area contributed by atoms with Gasteiger partial charge < -0.3 is 10.0 Å². The number of hydrogen-bond acceptors (Lipinski definition) is 3. The maximum Gasteiger partial charge on any atom is 0.308 e. The summed E-state index contributed by atoms with van der Waals surface area (Å²) in [5.74, 6) is -1.90. The van der Waals surface area contributed by atoms with Crippen LogP contribution < -0.4 is 0 Å². The van der Waals surface area contributed by atoms with Gasteiger partial charge in [-0.15, -0.1) is 0 Å². The van der Waals surface area contributed by atoms with Crippen molar-refractivity contribution in [1.82, 2.24) is 14.7 Å². The first-order chi connectivity index (χ1) is 12.0. The van der Waals surface area contributed by atoms with Crippen LogP contribution in [0.5, 0.6) is 0 Å². The highest BCUT2D eigenvalue weighted by molar-refractivity contribution is 6.30. The lowest BCUT2D eigenvalue weighted by molar-refractivity contribution is -0.141. The number of likely N-dealkylation sites (tertiary alicyclic amines) is 1. The molecule has 6 nitrogen and oxygen atoms in total. The van der Waals surface area contributed by atoms with Gasteiger partial charge in [0.1, 0.15) is 0 Å². The van der Waals surface area contributed by atoms with E-state index in [1.807, 2.05) is 16.8 Å². The molecule has 0 bridgehead atoms. The van der Waals surface area contributed by atoms with Crippen molar-refractivity contribution >= 4 is 23.5 Å². The Morgan fingerprint density at radius 3 is 2.52 bits per heavy atom. The van der Waals surface area contributed by atoms with E-state index in [-0.39, 0.29) is 18.4 Å². The van der Waals surface area contributed by atoms with Gasteiger partial charge in [0.15, 0.2) is 0 Å². The van der Waals surface area contributed by atoms with Gasteiger partial charge in [0.25, 0.3) is 5.91 Å². The zero-order chi connectivity index (χ0) is 17.6. The summed E-state index contributed by atoms with van der Waals surface area (Å²) in [6.07, 6.45) is 5.54. The molecule has 1 amide bonds. The molecule has 1 aromatic carbocycles. The van der Waals surface area contributed by atoms with Crippen molar-refractivity contribution < 1.29 is 14.7 Å². The van der Waals surface area contributed by atoms with Crippen molar-refractivity contribution in [3.63, 3.8) is 0 Å². The minimum absolute atomic E-state index is 0.158. The molecule has 2 aliphatic rings. The molecule has 25 heavy (non-hydrogen) atoms. The van der Waals surface area contributed by atoms with Gasteiger partial charge in [0.05, 0.1) is 23.7 Å². The van der Waals surface area contributed by atoms with Crippen molar-refractivity contribution in [1.29, 1.82) is 0 Å². The number of carbonyl (C=O) groups is 2. The predicted octanol–water partition coefficient (Wildman–Crippen LogP) is 2.81. The molecule has 0 spiro atoms. The van der Waals surface area contributed by atoms with E-state index in [0.717, 1.165) is 18.4 Å². The van der Waals surface area contributed by atoms with E-state index in [2.05, 4.69) is 5.10 Å². The van der Waals surface area contributed by atoms with E-state index in [9.17, 15) is 14.7 Å². The first-order valence-electron chi connectivity index (χ1n) is 8.34. The van der Waals surface area contributed by atoms with Crippen LogP contribution in [-0.4, -0.2) is 44.8 Å². The molecule has 0 radical (unpaired) electrons. The molecule has 1 aromatic heterocycles. The molecule has 1 N–H and O–H groups in total. The first kappa shape index (κ1) is 16.1. The van der Waals surface area contributed by atoms with Crippen LogP contribution in [0.3, 0.4) is 0 Å². The van der Waals surface area contributed by atoms with Gasteiger partial charge in [0.2, 0.25) is 0 Å². The van der Waals surface area contributed by atoms with Crippen molar-refractivity contribution in [2.45, 2.75) is 24.8 Å². The van der Waals surface area contributed by atoms with Gasteiger partial charge in [-0.05, 0) is 30.5 Å². The third kappa shape index (κ3) is 3.14. The van der Waals surface area contributed by atoms with Crippen molar-refractivity contribution in [2.24, 2.45) is 5.92 Å². The standard InChI is InChI=1S/C18H18ClN3O3/c19-13-3-1-11(2-4-13)15-9-21(10-16(15)18(24)25)17(23)12-7-20-22(8-12)14-5-6-14/h1-4,7-8,14-16H,5-6,9-10H2,(H,24,25)/t15-,16+/m0/s1. The zero-order valence-electron chi connectivity index (χ0n) is 13.5. The van der Waals surface area contributed by atoms with Gasteiger partial charge in [-0.2, -0.15) is 5.10 Å². The van der Waals surface area contributed by atoms with E-state index in [1.165, 1.54) is 0 Å². The molecule has 4 rings (SSSR count). The lowest BCUT2D eigenvalue weighted by Crippen LogP contribution is -2.29. The van der Waals surface area contributed by atoms with Crippen LogP contribution in [0.1, 0.15) is 40.7 Å². The summed E-state index contributed by atoms with van der Waals surface area (Å²) in [5, 5.41) is 14.4. The third-order valence-corrected chi connectivity index (χ3v) is 5.24. The monoisotopic (exact) mass is 359 g/mol. The summed E-state index contributed by atoms with van der Waals surface area (Å²) in [5.41, 5.74) is 1.41. The average molecular weight is 360 g/mol. The van der Waals surface area contributed by atoms with Crippen LogP contribution in [-0.2, 0) is 4.79 Å². The fraction of sp³-hybridized carbons (Fsp3) is 0.389. The van der Waals surface area contributed by atoms with E-state index in [0.29, 0.717) is 23.2 Å². The minimum atomic E-state index is -0.885. The second kappa shape index (κ2) is 6.19. The summed E-state index contributed by atoms with van der Waals surface area (Å²) >= 11 is 5.92. The second-order valence-electron chi connectivity index (χ2n) is 6.75. The number of aliphatic carboxylic acids is 1. The van der Waals surface area contributed by atoms with Crippen LogP contribution in [0.15, 0.2) is 36.7 Å². The molecular formula is C18H18ClN3O3. The molecule has 2 fully saturated rings. The molecule has 130 valence electrons. The lowest BCUT2D eigenvalue weighted by Gasteiger charge is -2.16. The van der Waals surface area contributed by atoms with Crippen molar-refractivity contribution in [3.8, 4) is 0 Å². The molecule has 1 saturated carbocycles. The van der Waals surface area contributed by atoms with Crippen molar-refractivity contribution in [3.05, 3.63) is 52.8 Å². The molecule has 1 saturated heterocycles. The van der Waals surface area contributed by atoms with E-state index >= 15 is 0 Å². The molecule has 7 heteroatoms. The van der Waals surface area contributed by atoms with Gasteiger partial charge in [-0.1, -0.05) is 23.7 Å². The van der Waals surface area contributed by atoms with Crippen LogP contribution in [0, 0.1) is 5.92 Å². The van der Waals surface area contributed by atoms with Crippen LogP contribution in [0.4, 0.5) is 0 Å². The molecule has 1 aliphatic heterocycles. The summed E-state index contributed by atoms with van der Waals surface area (Å²) in [6.45, 7) is 0.585. The molecule has 2 atom stereocenters. The summed E-state index contributed by atoms with van der Waals surface area (Å²) in [6, 6.07) is 7.58. The number of hydrogen-bond donors (Lipinski definition) is 1. The zero-order valence-corrected chi connectivity index (χ0v) is 14.3. The summed E-state index contributed by atoms with van der Waals surface area (Å²) in [7, 11) is 0. The number of rotatable bonds is 4. The SMILES string of the molecule is O=C(O)[C@@H]1CN(C(=O)c2cnn(C3CC3)c2)C[C@H]1c1ccc(Cl)cc1. The van der Waals surface area contributed by atoms with Gasteiger partial charge in [-0.25, -0.2) is 0 Å². The quantitative estimate of drug-likeness (QED) is 0.910. The maximum absolute atomic E-state index is 12.8.